The Morgan fingerprint density at radius 2 is 1.55 bits per heavy atom. The number of nitriles is 1. The molecule has 6 aromatic rings. The Morgan fingerprint density at radius 1 is 0.850 bits per heavy atom. The lowest BCUT2D eigenvalue weighted by molar-refractivity contribution is -0.142. The number of hydrogen-bond donors (Lipinski definition) is 3. The van der Waals surface area contributed by atoms with Gasteiger partial charge in [-0.2, -0.15) is 5.26 Å². The van der Waals surface area contributed by atoms with Crippen molar-refractivity contribution in [3.8, 4) is 40.2 Å². The third kappa shape index (κ3) is 9.19. The summed E-state index contributed by atoms with van der Waals surface area (Å²) < 4.78 is 18.7. The summed E-state index contributed by atoms with van der Waals surface area (Å²) in [6.07, 6.45) is -0.0185. The number of amides is 1. The second-order valence-corrected chi connectivity index (χ2v) is 15.6. The number of aromatic hydroxyl groups is 1. The maximum absolute atomic E-state index is 14.2. The molecule has 0 radical (unpaired) electrons. The Hall–Kier alpha value is -6.51. The normalized spacial score (nSPS) is 16.2. The lowest BCUT2D eigenvalue weighted by atomic mass is 9.91. The van der Waals surface area contributed by atoms with Gasteiger partial charge in [-0.1, -0.05) is 96.0 Å². The molecule has 2 heterocycles. The number of benzene rings is 6. The first kappa shape index (κ1) is 40.3. The molecule has 6 aromatic carbocycles. The van der Waals surface area contributed by atoms with E-state index in [4.69, 9.17) is 42.7 Å². The summed E-state index contributed by atoms with van der Waals surface area (Å²) in [7, 11) is 0. The van der Waals surface area contributed by atoms with Crippen LogP contribution in [-0.4, -0.2) is 45.7 Å². The summed E-state index contributed by atoms with van der Waals surface area (Å²) in [6.45, 7) is 1.18. The molecule has 0 saturated heterocycles. The third-order valence-corrected chi connectivity index (χ3v) is 11.6. The molecule has 10 nitrogen and oxygen atoms in total. The molecule has 60 heavy (non-hydrogen) atoms. The Morgan fingerprint density at radius 3 is 2.25 bits per heavy atom. The molecule has 1 amide bonds. The van der Waals surface area contributed by atoms with Crippen LogP contribution in [0.5, 0.6) is 23.0 Å². The fourth-order valence-corrected chi connectivity index (χ4v) is 7.83. The summed E-state index contributed by atoms with van der Waals surface area (Å²) in [6, 6.07) is 38.7. The van der Waals surface area contributed by atoms with Crippen LogP contribution in [0.4, 0.5) is 0 Å². The minimum atomic E-state index is -1.19. The largest absolute Gasteiger partial charge is 0.508 e. The van der Waals surface area contributed by atoms with Crippen molar-refractivity contribution in [3.05, 3.63) is 176 Å². The van der Waals surface area contributed by atoms with Crippen LogP contribution in [0.15, 0.2) is 127 Å². The summed E-state index contributed by atoms with van der Waals surface area (Å²) in [5.41, 5.74) is 7.42. The number of carboxylic acids is 1. The number of rotatable bonds is 12. The number of halogens is 2. The van der Waals surface area contributed by atoms with Crippen LogP contribution in [-0.2, 0) is 42.1 Å². The number of phenolic OH excluding ortho intramolecular Hbond substituents is 1. The number of aliphatic carboxylic acids is 1. The van der Waals surface area contributed by atoms with E-state index < -0.39 is 24.0 Å². The number of carboxylic acid groups (broad SMARTS) is 1. The molecule has 3 atom stereocenters. The summed E-state index contributed by atoms with van der Waals surface area (Å²) >= 11 is 12.2. The van der Waals surface area contributed by atoms with Gasteiger partial charge in [-0.15, -0.1) is 0 Å². The highest BCUT2D eigenvalue weighted by atomic mass is 35.5. The number of ether oxygens (including phenoxy) is 3. The van der Waals surface area contributed by atoms with Crippen LogP contribution < -0.4 is 19.5 Å². The van der Waals surface area contributed by atoms with E-state index >= 15 is 0 Å². The van der Waals surface area contributed by atoms with Gasteiger partial charge in [-0.25, -0.2) is 4.79 Å². The lowest BCUT2D eigenvalue weighted by Crippen LogP contribution is -2.54. The van der Waals surface area contributed by atoms with Gasteiger partial charge in [0.15, 0.2) is 17.6 Å². The quantitative estimate of drug-likeness (QED) is 0.110. The van der Waals surface area contributed by atoms with Gasteiger partial charge in [-0.05, 0) is 100.0 Å². The van der Waals surface area contributed by atoms with Crippen molar-refractivity contribution >= 4 is 35.1 Å². The second-order valence-electron chi connectivity index (χ2n) is 14.8. The van der Waals surface area contributed by atoms with Crippen LogP contribution >= 0.6 is 23.2 Å². The summed E-state index contributed by atoms with van der Waals surface area (Å²) in [4.78, 5) is 28.7. The van der Waals surface area contributed by atoms with E-state index in [0.29, 0.717) is 51.6 Å². The molecule has 2 aliphatic heterocycles. The maximum atomic E-state index is 14.2. The molecule has 12 heteroatoms. The molecule has 3 N–H and O–H groups in total. The highest BCUT2D eigenvalue weighted by Crippen LogP contribution is 2.41. The number of fused-ring (bicyclic) bond motifs is 2. The van der Waals surface area contributed by atoms with Crippen molar-refractivity contribution in [1.82, 2.24) is 10.2 Å². The average Bonchev–Trinajstić information content (AvgIpc) is 3.26. The minimum absolute atomic E-state index is 0.0752. The zero-order valence-corrected chi connectivity index (χ0v) is 33.7. The molecular formula is C48H39Cl2N3O7. The molecule has 0 aromatic heterocycles. The summed E-state index contributed by atoms with van der Waals surface area (Å²) in [5, 5.41) is 33.9. The molecule has 0 saturated carbocycles. The van der Waals surface area contributed by atoms with Crippen LogP contribution in [0, 0.1) is 11.3 Å². The van der Waals surface area contributed by atoms with Gasteiger partial charge >= 0.3 is 5.97 Å². The Balaban J connectivity index is 0.968. The van der Waals surface area contributed by atoms with Gasteiger partial charge in [0.2, 0.25) is 5.91 Å². The number of carbonyl (C=O) groups excluding carboxylic acids is 1. The number of carbonyl (C=O) groups is 2. The molecule has 0 aliphatic carbocycles. The molecule has 8 rings (SSSR count). The predicted octanol–water partition coefficient (Wildman–Crippen LogP) is 9.07. The minimum Gasteiger partial charge on any atom is -0.508 e. The van der Waals surface area contributed by atoms with E-state index in [1.165, 1.54) is 0 Å². The van der Waals surface area contributed by atoms with E-state index in [1.807, 2.05) is 89.8 Å². The first-order valence-corrected chi connectivity index (χ1v) is 20.1. The van der Waals surface area contributed by atoms with E-state index in [2.05, 4.69) is 11.4 Å². The van der Waals surface area contributed by atoms with Crippen LogP contribution in [0.1, 0.15) is 45.0 Å². The fourth-order valence-electron chi connectivity index (χ4n) is 7.51. The SMILES string of the molecule is N#Cc1ccc(-c2ccc(CC(NC(=O)C3Cc4cc5c(cc4CN3Cc3ccccc3O)OC(c3ccc(OCc4ccc(Cl)c(Cl)c4)cc3)CO5)C(=O)O)cc2)cc1. The van der Waals surface area contributed by atoms with Gasteiger partial charge < -0.3 is 29.7 Å². The number of hydrogen-bond acceptors (Lipinski definition) is 8. The Bertz CT molecular complexity index is 2580. The van der Waals surface area contributed by atoms with E-state index in [-0.39, 0.29) is 37.8 Å². The highest BCUT2D eigenvalue weighted by Gasteiger charge is 2.36. The maximum Gasteiger partial charge on any atom is 0.326 e. The molecular weight excluding hydrogens is 801 g/mol. The van der Waals surface area contributed by atoms with E-state index in [0.717, 1.165) is 38.9 Å². The standard InChI is InChI=1S/C48H39Cl2N3O7/c49-39-18-9-31(19-40(39)50)27-58-38-16-14-34(15-17-38)46-28-59-44-22-36-21-42(53(26-37(36)23-45(44)60-46)25-35-3-1-2-4-43(35)54)47(55)52-41(48(56)57)20-29-5-10-32(11-6-29)33-12-7-30(24-51)8-13-33/h1-19,22-23,41-42,46,54H,20-21,25-28H2,(H,52,55)(H,56,57). The Kier molecular flexibility index (Phi) is 11.9. The first-order valence-electron chi connectivity index (χ1n) is 19.4. The van der Waals surface area contributed by atoms with Crippen molar-refractivity contribution < 1.29 is 34.0 Å². The van der Waals surface area contributed by atoms with Crippen molar-refractivity contribution in [2.75, 3.05) is 6.61 Å². The third-order valence-electron chi connectivity index (χ3n) is 10.8. The van der Waals surface area contributed by atoms with Crippen molar-refractivity contribution in [1.29, 1.82) is 5.26 Å². The zero-order chi connectivity index (χ0) is 41.8. The van der Waals surface area contributed by atoms with Gasteiger partial charge in [0.25, 0.3) is 0 Å². The molecule has 0 bridgehead atoms. The number of para-hydroxylation sites is 1. The van der Waals surface area contributed by atoms with Crippen LogP contribution in [0.3, 0.4) is 0 Å². The molecule has 0 spiro atoms. The van der Waals surface area contributed by atoms with Gasteiger partial charge in [0.05, 0.1) is 27.7 Å². The predicted molar refractivity (Wildman–Crippen MR) is 227 cm³/mol. The molecule has 2 aliphatic rings. The molecule has 3 unspecified atom stereocenters. The van der Waals surface area contributed by atoms with Crippen LogP contribution in [0.2, 0.25) is 10.0 Å². The van der Waals surface area contributed by atoms with Gasteiger partial charge in [-0.3, -0.25) is 9.69 Å². The number of nitrogens with zero attached hydrogens (tertiary/aromatic N) is 2. The first-order chi connectivity index (χ1) is 29.1. The molecule has 302 valence electrons. The van der Waals surface area contributed by atoms with Gasteiger partial charge in [0, 0.05) is 25.1 Å². The lowest BCUT2D eigenvalue weighted by Gasteiger charge is -2.37. The number of nitrogens with one attached hydrogen (secondary N) is 1. The van der Waals surface area contributed by atoms with Crippen molar-refractivity contribution in [2.24, 2.45) is 0 Å². The van der Waals surface area contributed by atoms with Crippen molar-refractivity contribution in [2.45, 2.75) is 50.7 Å². The zero-order valence-electron chi connectivity index (χ0n) is 32.2. The molecule has 0 fully saturated rings. The topological polar surface area (TPSA) is 141 Å². The second kappa shape index (κ2) is 17.8. The monoisotopic (exact) mass is 839 g/mol. The van der Waals surface area contributed by atoms with E-state index in [9.17, 15) is 19.8 Å². The average molecular weight is 841 g/mol. The van der Waals surface area contributed by atoms with E-state index in [1.54, 1.807) is 42.5 Å². The van der Waals surface area contributed by atoms with Crippen molar-refractivity contribution in [3.63, 3.8) is 0 Å². The highest BCUT2D eigenvalue weighted by molar-refractivity contribution is 6.42. The van der Waals surface area contributed by atoms with Gasteiger partial charge in [0.1, 0.15) is 30.8 Å². The number of phenols is 1. The fraction of sp³-hybridized carbons (Fsp3) is 0.188. The summed E-state index contributed by atoms with van der Waals surface area (Å²) in [5.74, 6) is 0.341. The van der Waals surface area contributed by atoms with Crippen LogP contribution in [0.25, 0.3) is 11.1 Å². The Labute approximate surface area is 357 Å². The smallest absolute Gasteiger partial charge is 0.326 e.